The van der Waals surface area contributed by atoms with Gasteiger partial charge in [0.1, 0.15) is 18.1 Å². The second-order valence-electron chi connectivity index (χ2n) is 6.67. The predicted octanol–water partition coefficient (Wildman–Crippen LogP) is 3.40. The number of furan rings is 1. The van der Waals surface area contributed by atoms with E-state index in [0.717, 1.165) is 29.0 Å². The summed E-state index contributed by atoms with van der Waals surface area (Å²) < 4.78 is 11.5. The first-order valence-corrected chi connectivity index (χ1v) is 8.69. The van der Waals surface area contributed by atoms with Crippen LogP contribution in [0.4, 0.5) is 0 Å². The molecule has 134 valence electrons. The normalized spacial score (nSPS) is 13.5. The highest BCUT2D eigenvalue weighted by molar-refractivity contribution is 5.91. The van der Waals surface area contributed by atoms with E-state index >= 15 is 0 Å². The van der Waals surface area contributed by atoms with Gasteiger partial charge < -0.3 is 14.1 Å². The Hall–Kier alpha value is -3.02. The molecule has 0 spiro atoms. The van der Waals surface area contributed by atoms with Crippen molar-refractivity contribution < 1.29 is 13.9 Å². The van der Waals surface area contributed by atoms with Crippen LogP contribution in [0.2, 0.25) is 0 Å². The minimum Gasteiger partial charge on any atom is -0.485 e. The lowest BCUT2D eigenvalue weighted by Crippen LogP contribution is -2.35. The molecule has 1 amide bonds. The largest absolute Gasteiger partial charge is 0.485 e. The quantitative estimate of drug-likeness (QED) is 0.782. The monoisotopic (exact) mass is 351 g/mol. The number of nitrogens with zero attached hydrogens (tertiary/aromatic N) is 2. The van der Waals surface area contributed by atoms with Gasteiger partial charge in [-0.3, -0.25) is 9.89 Å². The van der Waals surface area contributed by atoms with Gasteiger partial charge in [-0.1, -0.05) is 17.7 Å². The van der Waals surface area contributed by atoms with Crippen LogP contribution in [-0.4, -0.2) is 27.5 Å². The van der Waals surface area contributed by atoms with Gasteiger partial charge >= 0.3 is 0 Å². The number of carbonyl (C=O) groups is 1. The second-order valence-corrected chi connectivity index (χ2v) is 6.67. The molecule has 0 saturated carbocycles. The van der Waals surface area contributed by atoms with Crippen molar-refractivity contribution in [2.24, 2.45) is 0 Å². The van der Waals surface area contributed by atoms with E-state index in [0.29, 0.717) is 31.2 Å². The van der Waals surface area contributed by atoms with Gasteiger partial charge in [0.2, 0.25) is 0 Å². The number of aryl methyl sites for hydroxylation is 2. The summed E-state index contributed by atoms with van der Waals surface area (Å²) in [7, 11) is 0. The molecule has 1 aliphatic heterocycles. The first kappa shape index (κ1) is 16.4. The summed E-state index contributed by atoms with van der Waals surface area (Å²) in [4.78, 5) is 14.5. The highest BCUT2D eigenvalue weighted by atomic mass is 16.5. The lowest BCUT2D eigenvalue weighted by Gasteiger charge is -2.25. The van der Waals surface area contributed by atoms with Gasteiger partial charge in [-0.25, -0.2) is 0 Å². The summed E-state index contributed by atoms with van der Waals surface area (Å²) >= 11 is 0. The molecule has 0 bridgehead atoms. The van der Waals surface area contributed by atoms with Crippen molar-refractivity contribution in [3.63, 3.8) is 0 Å². The highest BCUT2D eigenvalue weighted by Gasteiger charge is 2.25. The summed E-state index contributed by atoms with van der Waals surface area (Å²) in [5, 5.41) is 7.01. The maximum absolute atomic E-state index is 12.7. The molecule has 0 unspecified atom stereocenters. The van der Waals surface area contributed by atoms with Gasteiger partial charge in [-0.05, 0) is 37.6 Å². The SMILES string of the molecule is Cc1ccc(OCc2ccc(C(=O)N3CCc4[nH]ncc4C3)o2)c(C)c1. The summed E-state index contributed by atoms with van der Waals surface area (Å²) in [6, 6.07) is 9.56. The van der Waals surface area contributed by atoms with Crippen LogP contribution in [0.5, 0.6) is 5.75 Å². The molecule has 2 aromatic heterocycles. The van der Waals surface area contributed by atoms with Gasteiger partial charge in [-0.15, -0.1) is 0 Å². The van der Waals surface area contributed by atoms with Crippen molar-refractivity contribution in [3.05, 3.63) is 70.4 Å². The van der Waals surface area contributed by atoms with Gasteiger partial charge in [0, 0.05) is 30.8 Å². The number of rotatable bonds is 4. The molecule has 0 radical (unpaired) electrons. The Balaban J connectivity index is 1.40. The van der Waals surface area contributed by atoms with Crippen LogP contribution in [0, 0.1) is 13.8 Å². The zero-order valence-corrected chi connectivity index (χ0v) is 14.9. The fraction of sp³-hybridized carbons (Fsp3) is 0.300. The molecule has 6 nitrogen and oxygen atoms in total. The topological polar surface area (TPSA) is 71.4 Å². The number of H-pyrrole nitrogens is 1. The Bertz CT molecular complexity index is 941. The summed E-state index contributed by atoms with van der Waals surface area (Å²) in [6.07, 6.45) is 2.56. The van der Waals surface area contributed by atoms with E-state index in [9.17, 15) is 4.79 Å². The van der Waals surface area contributed by atoms with E-state index < -0.39 is 0 Å². The number of fused-ring (bicyclic) bond motifs is 1. The summed E-state index contributed by atoms with van der Waals surface area (Å²) in [5.74, 6) is 1.70. The van der Waals surface area contributed by atoms with Crippen LogP contribution >= 0.6 is 0 Å². The number of ether oxygens (including phenoxy) is 1. The molecule has 1 N–H and O–H groups in total. The third-order valence-corrected chi connectivity index (χ3v) is 4.66. The molecule has 0 atom stereocenters. The third kappa shape index (κ3) is 3.22. The number of hydrogen-bond donors (Lipinski definition) is 1. The lowest BCUT2D eigenvalue weighted by atomic mass is 10.1. The predicted molar refractivity (Wildman–Crippen MR) is 96.0 cm³/mol. The fourth-order valence-corrected chi connectivity index (χ4v) is 3.23. The number of carbonyl (C=O) groups excluding carboxylic acids is 1. The molecule has 0 saturated heterocycles. The van der Waals surface area contributed by atoms with E-state index in [1.54, 1.807) is 23.2 Å². The number of amides is 1. The smallest absolute Gasteiger partial charge is 0.289 e. The number of aromatic nitrogens is 2. The standard InChI is InChI=1S/C20H21N3O3/c1-13-3-5-18(14(2)9-13)25-12-16-4-6-19(26-16)20(24)23-8-7-17-15(11-23)10-21-22-17/h3-6,9-10H,7-8,11-12H2,1-2H3,(H,21,22). The molecule has 3 heterocycles. The van der Waals surface area contributed by atoms with Gasteiger partial charge in [0.15, 0.2) is 5.76 Å². The van der Waals surface area contributed by atoms with Crippen molar-refractivity contribution in [2.75, 3.05) is 6.54 Å². The van der Waals surface area contributed by atoms with Crippen LogP contribution in [0.3, 0.4) is 0 Å². The molecule has 1 aromatic carbocycles. The first-order valence-electron chi connectivity index (χ1n) is 8.69. The van der Waals surface area contributed by atoms with Crippen LogP contribution in [0.25, 0.3) is 0 Å². The zero-order valence-electron chi connectivity index (χ0n) is 14.9. The average Bonchev–Trinajstić information content (AvgIpc) is 3.29. The lowest BCUT2D eigenvalue weighted by molar-refractivity contribution is 0.0698. The second kappa shape index (κ2) is 6.71. The number of benzene rings is 1. The molecule has 3 aromatic rings. The van der Waals surface area contributed by atoms with E-state index in [1.165, 1.54) is 5.56 Å². The number of aromatic amines is 1. The highest BCUT2D eigenvalue weighted by Crippen LogP contribution is 2.22. The maximum Gasteiger partial charge on any atom is 0.289 e. The molecule has 1 aliphatic rings. The van der Waals surface area contributed by atoms with Crippen molar-refractivity contribution in [3.8, 4) is 5.75 Å². The molecular formula is C20H21N3O3. The van der Waals surface area contributed by atoms with Crippen molar-refractivity contribution in [2.45, 2.75) is 33.4 Å². The summed E-state index contributed by atoms with van der Waals surface area (Å²) in [6.45, 7) is 5.57. The average molecular weight is 351 g/mol. The van der Waals surface area contributed by atoms with E-state index in [1.807, 2.05) is 26.0 Å². The van der Waals surface area contributed by atoms with Crippen LogP contribution < -0.4 is 4.74 Å². The zero-order chi connectivity index (χ0) is 18.1. The van der Waals surface area contributed by atoms with Gasteiger partial charge in [0.05, 0.1) is 6.20 Å². The number of nitrogens with one attached hydrogen (secondary N) is 1. The van der Waals surface area contributed by atoms with E-state index in [2.05, 4.69) is 16.3 Å². The Morgan fingerprint density at radius 3 is 3.04 bits per heavy atom. The Morgan fingerprint density at radius 1 is 1.31 bits per heavy atom. The maximum atomic E-state index is 12.7. The van der Waals surface area contributed by atoms with Crippen LogP contribution in [0.1, 0.15) is 38.7 Å². The third-order valence-electron chi connectivity index (χ3n) is 4.66. The minimum atomic E-state index is -0.102. The minimum absolute atomic E-state index is 0.102. The van der Waals surface area contributed by atoms with Crippen molar-refractivity contribution in [1.82, 2.24) is 15.1 Å². The first-order chi connectivity index (χ1) is 12.6. The molecule has 4 rings (SSSR count). The molecule has 0 aliphatic carbocycles. The molecular weight excluding hydrogens is 330 g/mol. The van der Waals surface area contributed by atoms with E-state index in [-0.39, 0.29) is 5.91 Å². The fourth-order valence-electron chi connectivity index (χ4n) is 3.23. The van der Waals surface area contributed by atoms with E-state index in [4.69, 9.17) is 9.15 Å². The van der Waals surface area contributed by atoms with Crippen LogP contribution in [0.15, 0.2) is 40.9 Å². The Morgan fingerprint density at radius 2 is 2.19 bits per heavy atom. The Labute approximate surface area is 151 Å². The molecule has 6 heteroatoms. The van der Waals surface area contributed by atoms with Gasteiger partial charge in [0.25, 0.3) is 5.91 Å². The van der Waals surface area contributed by atoms with Crippen LogP contribution in [-0.2, 0) is 19.6 Å². The van der Waals surface area contributed by atoms with Crippen molar-refractivity contribution >= 4 is 5.91 Å². The summed E-state index contributed by atoms with van der Waals surface area (Å²) in [5.41, 5.74) is 4.45. The van der Waals surface area contributed by atoms with Gasteiger partial charge in [-0.2, -0.15) is 5.10 Å². The molecule has 0 fully saturated rings. The Kier molecular flexibility index (Phi) is 4.24. The number of hydrogen-bond acceptors (Lipinski definition) is 4. The molecule has 26 heavy (non-hydrogen) atoms. The van der Waals surface area contributed by atoms with Crippen molar-refractivity contribution in [1.29, 1.82) is 0 Å².